The average molecular weight is 352 g/mol. The second kappa shape index (κ2) is 8.34. The fourth-order valence-corrected chi connectivity index (χ4v) is 2.90. The van der Waals surface area contributed by atoms with Gasteiger partial charge in [-0.2, -0.15) is 4.73 Å². The molecule has 1 aliphatic rings. The van der Waals surface area contributed by atoms with Gasteiger partial charge in [-0.15, -0.1) is 0 Å². The van der Waals surface area contributed by atoms with Crippen molar-refractivity contribution in [3.8, 4) is 0 Å². The van der Waals surface area contributed by atoms with Crippen molar-refractivity contribution in [2.24, 2.45) is 0 Å². The molecule has 0 N–H and O–H groups in total. The van der Waals surface area contributed by atoms with Gasteiger partial charge in [0.2, 0.25) is 5.91 Å². The van der Waals surface area contributed by atoms with Gasteiger partial charge in [0.1, 0.15) is 6.61 Å². The molecule has 1 aromatic rings. The molecule has 0 bridgehead atoms. The van der Waals surface area contributed by atoms with E-state index in [9.17, 15) is 19.6 Å². The van der Waals surface area contributed by atoms with Crippen molar-refractivity contribution in [2.75, 3.05) is 25.5 Å². The van der Waals surface area contributed by atoms with E-state index in [-0.39, 0.29) is 37.1 Å². The first-order chi connectivity index (χ1) is 11.5. The molecule has 0 radical (unpaired) electrons. The Morgan fingerprint density at radius 2 is 2.21 bits per heavy atom. The Labute approximate surface area is 142 Å². The number of pyridine rings is 1. The van der Waals surface area contributed by atoms with E-state index >= 15 is 0 Å². The second-order valence-electron chi connectivity index (χ2n) is 4.62. The fraction of sp³-hybridized carbons (Fsp3) is 0.333. The van der Waals surface area contributed by atoms with Gasteiger partial charge in [-0.3, -0.25) is 4.79 Å². The lowest BCUT2D eigenvalue weighted by atomic mass is 10.3. The highest BCUT2D eigenvalue weighted by Crippen LogP contribution is 2.28. The molecule has 0 unspecified atom stereocenters. The number of thioether (sulfide) groups is 1. The predicted octanol–water partition coefficient (Wildman–Crippen LogP) is 0.457. The molecule has 1 amide bonds. The van der Waals surface area contributed by atoms with Crippen LogP contribution in [-0.2, 0) is 19.1 Å². The van der Waals surface area contributed by atoms with E-state index in [4.69, 9.17) is 9.47 Å². The van der Waals surface area contributed by atoms with Crippen LogP contribution in [0.15, 0.2) is 35.5 Å². The van der Waals surface area contributed by atoms with E-state index in [1.165, 1.54) is 41.1 Å². The minimum atomic E-state index is -0.777. The zero-order valence-corrected chi connectivity index (χ0v) is 13.8. The number of esters is 2. The first kappa shape index (κ1) is 17.8. The van der Waals surface area contributed by atoms with Crippen molar-refractivity contribution < 1.29 is 28.6 Å². The predicted molar refractivity (Wildman–Crippen MR) is 84.6 cm³/mol. The quantitative estimate of drug-likeness (QED) is 0.317. The van der Waals surface area contributed by atoms with Crippen molar-refractivity contribution in [1.82, 2.24) is 4.90 Å². The Balaban J connectivity index is 1.92. The maximum absolute atomic E-state index is 11.8. The van der Waals surface area contributed by atoms with Crippen molar-refractivity contribution in [1.29, 1.82) is 0 Å². The lowest BCUT2D eigenvalue weighted by Gasteiger charge is -2.16. The van der Waals surface area contributed by atoms with Crippen LogP contribution in [-0.4, -0.2) is 48.3 Å². The van der Waals surface area contributed by atoms with Crippen LogP contribution in [0.4, 0.5) is 0 Å². The first-order valence-corrected chi connectivity index (χ1v) is 8.18. The lowest BCUT2D eigenvalue weighted by molar-refractivity contribution is -0.608. The summed E-state index contributed by atoms with van der Waals surface area (Å²) in [5, 5.41) is 11.9. The molecule has 0 aromatic carbocycles. The van der Waals surface area contributed by atoms with Crippen LogP contribution >= 0.6 is 11.8 Å². The normalized spacial score (nSPS) is 15.6. The summed E-state index contributed by atoms with van der Waals surface area (Å²) in [6, 6.07) is 4.39. The van der Waals surface area contributed by atoms with E-state index < -0.39 is 11.9 Å². The van der Waals surface area contributed by atoms with Gasteiger partial charge in [-0.05, 0) is 13.0 Å². The minimum Gasteiger partial charge on any atom is -0.618 e. The van der Waals surface area contributed by atoms with Crippen LogP contribution in [0.5, 0.6) is 0 Å². The molecule has 1 aliphatic heterocycles. The molecule has 9 heteroatoms. The van der Waals surface area contributed by atoms with Crippen LogP contribution in [0.25, 0.3) is 0 Å². The first-order valence-electron chi connectivity index (χ1n) is 7.20. The van der Waals surface area contributed by atoms with Gasteiger partial charge in [-0.1, -0.05) is 11.8 Å². The second-order valence-corrected chi connectivity index (χ2v) is 5.61. The summed E-state index contributed by atoms with van der Waals surface area (Å²) in [6.45, 7) is 1.92. The third-order valence-corrected chi connectivity index (χ3v) is 4.05. The third kappa shape index (κ3) is 4.48. The Kier molecular flexibility index (Phi) is 6.19. The van der Waals surface area contributed by atoms with Gasteiger partial charge >= 0.3 is 17.6 Å². The Morgan fingerprint density at radius 1 is 1.42 bits per heavy atom. The van der Waals surface area contributed by atoms with Crippen molar-refractivity contribution >= 4 is 29.6 Å². The van der Waals surface area contributed by atoms with E-state index in [1.807, 2.05) is 0 Å². The summed E-state index contributed by atoms with van der Waals surface area (Å²) in [7, 11) is 0. The van der Waals surface area contributed by atoms with Gasteiger partial charge < -0.3 is 19.6 Å². The van der Waals surface area contributed by atoms with Crippen molar-refractivity contribution in [3.05, 3.63) is 46.4 Å². The smallest absolute Gasteiger partial charge is 0.405 e. The van der Waals surface area contributed by atoms with E-state index in [2.05, 4.69) is 0 Å². The number of carbonyl (C=O) groups excluding carboxylic acids is 3. The van der Waals surface area contributed by atoms with E-state index in [1.54, 1.807) is 13.0 Å². The number of hydrogen-bond donors (Lipinski definition) is 0. The maximum Gasteiger partial charge on any atom is 0.405 e. The Morgan fingerprint density at radius 3 is 2.92 bits per heavy atom. The highest BCUT2D eigenvalue weighted by atomic mass is 32.2. The highest BCUT2D eigenvalue weighted by Gasteiger charge is 2.28. The van der Waals surface area contributed by atoms with Gasteiger partial charge in [0.25, 0.3) is 0 Å². The number of aromatic nitrogens is 1. The standard InChI is InChI=1S/C15H16N2O6S/c1-2-22-14(19)9-13-16(12(18)10-24-13)7-8-23-15(20)11-5-3-4-6-17(11)21/h3-6,9H,2,7-8,10H2,1H3/b13-9-. The summed E-state index contributed by atoms with van der Waals surface area (Å²) in [6.07, 6.45) is 2.43. The number of nitrogens with zero attached hydrogens (tertiary/aromatic N) is 2. The average Bonchev–Trinajstić information content (AvgIpc) is 2.88. The third-order valence-electron chi connectivity index (χ3n) is 3.02. The van der Waals surface area contributed by atoms with E-state index in [0.29, 0.717) is 9.76 Å². The van der Waals surface area contributed by atoms with Crippen LogP contribution < -0.4 is 4.73 Å². The number of carbonyl (C=O) groups is 3. The molecule has 2 heterocycles. The lowest BCUT2D eigenvalue weighted by Crippen LogP contribution is -2.35. The number of hydrogen-bond acceptors (Lipinski definition) is 7. The largest absolute Gasteiger partial charge is 0.618 e. The number of ether oxygens (including phenoxy) is 2. The zero-order valence-electron chi connectivity index (χ0n) is 13.0. The maximum atomic E-state index is 11.8. The summed E-state index contributed by atoms with van der Waals surface area (Å²) < 4.78 is 10.2. The SMILES string of the molecule is CCOC(=O)/C=C1\SCC(=O)N1CCOC(=O)c1cccc[n+]1[O-]. The van der Waals surface area contributed by atoms with Crippen LogP contribution in [0.1, 0.15) is 17.4 Å². The highest BCUT2D eigenvalue weighted by molar-refractivity contribution is 8.04. The molecule has 0 atom stereocenters. The van der Waals surface area contributed by atoms with E-state index in [0.717, 1.165) is 0 Å². The zero-order chi connectivity index (χ0) is 17.5. The van der Waals surface area contributed by atoms with Gasteiger partial charge in [0.15, 0.2) is 6.20 Å². The summed E-state index contributed by atoms with van der Waals surface area (Å²) in [5.41, 5.74) is -0.137. The fourth-order valence-electron chi connectivity index (χ4n) is 1.94. The Hall–Kier alpha value is -2.55. The summed E-state index contributed by atoms with van der Waals surface area (Å²) >= 11 is 1.21. The molecule has 2 rings (SSSR count). The summed E-state index contributed by atoms with van der Waals surface area (Å²) in [4.78, 5) is 36.5. The topological polar surface area (TPSA) is 99.8 Å². The number of amides is 1. The van der Waals surface area contributed by atoms with Crippen molar-refractivity contribution in [2.45, 2.75) is 6.92 Å². The van der Waals surface area contributed by atoms with Crippen molar-refractivity contribution in [3.63, 3.8) is 0 Å². The van der Waals surface area contributed by atoms with Crippen LogP contribution in [0.3, 0.4) is 0 Å². The molecule has 8 nitrogen and oxygen atoms in total. The van der Waals surface area contributed by atoms with Crippen LogP contribution in [0.2, 0.25) is 0 Å². The number of rotatable bonds is 6. The van der Waals surface area contributed by atoms with Gasteiger partial charge in [-0.25, -0.2) is 9.59 Å². The summed E-state index contributed by atoms with van der Waals surface area (Å²) in [5.74, 6) is -1.29. The Bertz CT molecular complexity index is 676. The molecule has 0 spiro atoms. The molecular formula is C15H16N2O6S. The molecule has 0 aliphatic carbocycles. The molecule has 24 heavy (non-hydrogen) atoms. The van der Waals surface area contributed by atoms with Gasteiger partial charge in [0, 0.05) is 12.1 Å². The molecule has 1 saturated heterocycles. The molecule has 1 fully saturated rings. The minimum absolute atomic E-state index is 0.0918. The molecule has 1 aromatic heterocycles. The molecule has 128 valence electrons. The monoisotopic (exact) mass is 352 g/mol. The van der Waals surface area contributed by atoms with Crippen LogP contribution in [0, 0.1) is 5.21 Å². The molecule has 0 saturated carbocycles. The van der Waals surface area contributed by atoms with Gasteiger partial charge in [0.05, 0.1) is 30.0 Å². The molecular weight excluding hydrogens is 336 g/mol.